The molecule has 2 aliphatic rings. The molecule has 2 aromatic carbocycles. The number of ether oxygens (including phenoxy) is 2. The zero-order chi connectivity index (χ0) is 17.9. The average Bonchev–Trinajstić information content (AvgIpc) is 3.07. The minimum absolute atomic E-state index is 0.106. The molecule has 1 amide bonds. The van der Waals surface area contributed by atoms with Gasteiger partial charge in [-0.3, -0.25) is 4.79 Å². The molecule has 134 valence electrons. The predicted octanol–water partition coefficient (Wildman–Crippen LogP) is 1.96. The molecule has 2 aliphatic heterocycles. The van der Waals surface area contributed by atoms with E-state index in [-0.39, 0.29) is 12.5 Å². The van der Waals surface area contributed by atoms with E-state index in [9.17, 15) is 4.79 Å². The molecule has 0 saturated heterocycles. The van der Waals surface area contributed by atoms with Crippen LogP contribution in [0.25, 0.3) is 0 Å². The number of aliphatic imine (C=N–C) groups is 1. The summed E-state index contributed by atoms with van der Waals surface area (Å²) >= 11 is 0. The van der Waals surface area contributed by atoms with Crippen molar-refractivity contribution in [3.63, 3.8) is 0 Å². The summed E-state index contributed by atoms with van der Waals surface area (Å²) in [6.45, 7) is 1.07. The summed E-state index contributed by atoms with van der Waals surface area (Å²) in [5, 5.41) is 11.7. The summed E-state index contributed by atoms with van der Waals surface area (Å²) < 4.78 is 11.6. The molecule has 0 aromatic heterocycles. The summed E-state index contributed by atoms with van der Waals surface area (Å²) in [7, 11) is 0. The zero-order valence-corrected chi connectivity index (χ0v) is 14.2. The van der Waals surface area contributed by atoms with Crippen LogP contribution in [0.5, 0.6) is 5.75 Å². The molecule has 2 unspecified atom stereocenters. The highest BCUT2D eigenvalue weighted by molar-refractivity contribution is 5.99. The molecule has 2 atom stereocenters. The van der Waals surface area contributed by atoms with E-state index in [0.29, 0.717) is 25.5 Å². The second-order valence-corrected chi connectivity index (χ2v) is 6.28. The molecule has 2 heterocycles. The molecule has 0 spiro atoms. The number of benzene rings is 2. The van der Waals surface area contributed by atoms with E-state index in [1.807, 2.05) is 48.5 Å². The molecule has 4 rings (SSSR count). The Hall–Kier alpha value is -2.86. The van der Waals surface area contributed by atoms with Gasteiger partial charge in [-0.15, -0.1) is 0 Å². The van der Waals surface area contributed by atoms with E-state index >= 15 is 0 Å². The van der Waals surface area contributed by atoms with Crippen molar-refractivity contribution in [1.82, 2.24) is 5.32 Å². The van der Waals surface area contributed by atoms with Gasteiger partial charge in [-0.1, -0.05) is 24.3 Å². The molecular weight excluding hydrogens is 332 g/mol. The monoisotopic (exact) mass is 352 g/mol. The van der Waals surface area contributed by atoms with Crippen molar-refractivity contribution in [2.75, 3.05) is 13.2 Å². The second kappa shape index (κ2) is 7.17. The van der Waals surface area contributed by atoms with Crippen molar-refractivity contribution < 1.29 is 19.4 Å². The lowest BCUT2D eigenvalue weighted by molar-refractivity contribution is -0.123. The summed E-state index contributed by atoms with van der Waals surface area (Å²) in [6.07, 6.45) is 0.194. The highest BCUT2D eigenvalue weighted by Crippen LogP contribution is 2.35. The maximum absolute atomic E-state index is 12.4. The molecule has 2 aromatic rings. The maximum Gasteiger partial charge on any atom is 0.249 e. The minimum atomic E-state index is -0.575. The van der Waals surface area contributed by atoms with E-state index < -0.39 is 12.1 Å². The van der Waals surface area contributed by atoms with Crippen LogP contribution in [0.4, 0.5) is 0 Å². The summed E-state index contributed by atoms with van der Waals surface area (Å²) in [5.41, 5.74) is 2.86. The first-order valence-corrected chi connectivity index (χ1v) is 8.70. The van der Waals surface area contributed by atoms with Gasteiger partial charge in [-0.05, 0) is 29.8 Å². The normalized spacial score (nSPS) is 21.0. The van der Waals surface area contributed by atoms with Gasteiger partial charge in [0.05, 0.1) is 6.61 Å². The Labute approximate surface area is 151 Å². The quantitative estimate of drug-likeness (QED) is 0.806. The van der Waals surface area contributed by atoms with Crippen LogP contribution in [-0.4, -0.2) is 36.2 Å². The molecule has 0 fully saturated rings. The van der Waals surface area contributed by atoms with E-state index in [0.717, 1.165) is 22.4 Å². The van der Waals surface area contributed by atoms with Crippen LogP contribution in [0.1, 0.15) is 29.2 Å². The summed E-state index contributed by atoms with van der Waals surface area (Å²) in [5.74, 6) is 1.07. The van der Waals surface area contributed by atoms with Gasteiger partial charge >= 0.3 is 0 Å². The number of fused-ring (bicyclic) bond motifs is 3. The fourth-order valence-corrected chi connectivity index (χ4v) is 3.19. The van der Waals surface area contributed by atoms with Gasteiger partial charge in [0, 0.05) is 30.7 Å². The minimum Gasteiger partial charge on any atom is -0.494 e. The second-order valence-electron chi connectivity index (χ2n) is 6.28. The Bertz CT molecular complexity index is 832. The third-order valence-corrected chi connectivity index (χ3v) is 4.54. The lowest BCUT2D eigenvalue weighted by Gasteiger charge is -2.16. The standard InChI is InChI=1S/C20H20N2O4/c23-10-3-11-25-15-8-6-13(7-9-15)20-22-17-18(26-20)16-5-2-1-4-14(16)12-21-19(17)24/h1-2,4-9,17-18,23H,3,10-12H2,(H,21,24). The maximum atomic E-state index is 12.4. The van der Waals surface area contributed by atoms with Gasteiger partial charge in [0.25, 0.3) is 0 Å². The molecule has 6 heteroatoms. The van der Waals surface area contributed by atoms with Crippen LogP contribution in [0, 0.1) is 0 Å². The van der Waals surface area contributed by atoms with Crippen molar-refractivity contribution in [2.45, 2.75) is 25.1 Å². The van der Waals surface area contributed by atoms with Crippen molar-refractivity contribution in [1.29, 1.82) is 0 Å². The van der Waals surface area contributed by atoms with Crippen LogP contribution in [0.2, 0.25) is 0 Å². The molecular formula is C20H20N2O4. The number of carbonyl (C=O) groups is 1. The van der Waals surface area contributed by atoms with Gasteiger partial charge in [0.2, 0.25) is 11.8 Å². The highest BCUT2D eigenvalue weighted by Gasteiger charge is 2.40. The van der Waals surface area contributed by atoms with Crippen molar-refractivity contribution >= 4 is 11.8 Å². The number of aliphatic hydroxyl groups is 1. The van der Waals surface area contributed by atoms with Crippen LogP contribution in [0.15, 0.2) is 53.5 Å². The van der Waals surface area contributed by atoms with Gasteiger partial charge in [0.15, 0.2) is 12.1 Å². The van der Waals surface area contributed by atoms with E-state index in [1.54, 1.807) is 0 Å². The molecule has 26 heavy (non-hydrogen) atoms. The Morgan fingerprint density at radius 2 is 2.00 bits per heavy atom. The van der Waals surface area contributed by atoms with Crippen molar-refractivity contribution in [2.24, 2.45) is 4.99 Å². The number of rotatable bonds is 5. The smallest absolute Gasteiger partial charge is 0.249 e. The topological polar surface area (TPSA) is 80.2 Å². The van der Waals surface area contributed by atoms with E-state index in [1.165, 1.54) is 0 Å². The van der Waals surface area contributed by atoms with E-state index in [2.05, 4.69) is 10.3 Å². The largest absolute Gasteiger partial charge is 0.494 e. The third-order valence-electron chi connectivity index (χ3n) is 4.54. The Morgan fingerprint density at radius 1 is 1.19 bits per heavy atom. The Balaban J connectivity index is 1.55. The molecule has 2 N–H and O–H groups in total. The lowest BCUT2D eigenvalue weighted by Crippen LogP contribution is -2.32. The van der Waals surface area contributed by atoms with Crippen molar-refractivity contribution in [3.05, 3.63) is 65.2 Å². The molecule has 0 radical (unpaired) electrons. The number of hydrogen-bond donors (Lipinski definition) is 2. The van der Waals surface area contributed by atoms with E-state index in [4.69, 9.17) is 14.6 Å². The summed E-state index contributed by atoms with van der Waals surface area (Å²) in [6, 6.07) is 14.7. The van der Waals surface area contributed by atoms with Gasteiger partial charge in [-0.25, -0.2) is 4.99 Å². The predicted molar refractivity (Wildman–Crippen MR) is 96.1 cm³/mol. The number of hydrogen-bond acceptors (Lipinski definition) is 5. The van der Waals surface area contributed by atoms with Gasteiger partial charge in [0.1, 0.15) is 5.75 Å². The third kappa shape index (κ3) is 3.15. The number of amides is 1. The van der Waals surface area contributed by atoms with Crippen LogP contribution >= 0.6 is 0 Å². The number of nitrogens with zero attached hydrogens (tertiary/aromatic N) is 1. The van der Waals surface area contributed by atoms with Crippen LogP contribution in [-0.2, 0) is 16.1 Å². The SMILES string of the molecule is O=C1NCc2ccccc2C2OC(c3ccc(OCCCO)cc3)=NC12. The van der Waals surface area contributed by atoms with Gasteiger partial charge in [-0.2, -0.15) is 0 Å². The number of carbonyl (C=O) groups excluding carboxylic acids is 1. The number of aliphatic hydroxyl groups excluding tert-OH is 1. The first-order chi connectivity index (χ1) is 12.8. The zero-order valence-electron chi connectivity index (χ0n) is 14.2. The first-order valence-electron chi connectivity index (χ1n) is 8.70. The highest BCUT2D eigenvalue weighted by atomic mass is 16.5. The Kier molecular flexibility index (Phi) is 4.58. The van der Waals surface area contributed by atoms with Crippen LogP contribution < -0.4 is 10.1 Å². The Morgan fingerprint density at radius 3 is 2.81 bits per heavy atom. The average molecular weight is 352 g/mol. The molecule has 0 aliphatic carbocycles. The van der Waals surface area contributed by atoms with Crippen LogP contribution in [0.3, 0.4) is 0 Å². The fourth-order valence-electron chi connectivity index (χ4n) is 3.19. The first kappa shape index (κ1) is 16.6. The summed E-state index contributed by atoms with van der Waals surface area (Å²) in [4.78, 5) is 16.9. The molecule has 0 saturated carbocycles. The molecule has 0 bridgehead atoms. The van der Waals surface area contributed by atoms with Gasteiger partial charge < -0.3 is 19.9 Å². The lowest BCUT2D eigenvalue weighted by atomic mass is 9.99. The fraction of sp³-hybridized carbons (Fsp3) is 0.300. The van der Waals surface area contributed by atoms with Crippen molar-refractivity contribution in [3.8, 4) is 5.75 Å². The molecule has 6 nitrogen and oxygen atoms in total. The number of nitrogens with one attached hydrogen (secondary N) is 1.